The van der Waals surface area contributed by atoms with E-state index in [-0.39, 0.29) is 12.1 Å². The second-order valence-electron chi connectivity index (χ2n) is 4.26. The van der Waals surface area contributed by atoms with Crippen LogP contribution in [0.15, 0.2) is 18.2 Å². The summed E-state index contributed by atoms with van der Waals surface area (Å²) in [5.74, 6) is -1.17. The normalized spacial score (nSPS) is 11.4. The lowest BCUT2D eigenvalue weighted by Crippen LogP contribution is -2.44. The molecule has 0 saturated heterocycles. The van der Waals surface area contributed by atoms with Crippen molar-refractivity contribution >= 4 is 17.6 Å². The molecule has 0 bridgehead atoms. The van der Waals surface area contributed by atoms with Crippen LogP contribution in [0.5, 0.6) is 5.75 Å². The number of aliphatic hydroxyl groups excluding tert-OH is 1. The molecular weight excluding hydrogens is 296 g/mol. The van der Waals surface area contributed by atoms with Gasteiger partial charge in [0.05, 0.1) is 19.1 Å². The number of methoxy groups -OCH3 is 2. The minimum Gasteiger partial charge on any atom is -0.496 e. The van der Waals surface area contributed by atoms with Gasteiger partial charge in [-0.3, -0.25) is 14.9 Å². The first-order chi connectivity index (χ1) is 10.4. The number of non-ortho nitro benzene ring substituents is 1. The lowest BCUT2D eigenvalue weighted by Gasteiger charge is -2.17. The molecule has 9 nitrogen and oxygen atoms in total. The molecule has 0 radical (unpaired) electrons. The summed E-state index contributed by atoms with van der Waals surface area (Å²) in [5.41, 5.74) is 0.179. The summed E-state index contributed by atoms with van der Waals surface area (Å²) >= 11 is 0. The lowest BCUT2D eigenvalue weighted by molar-refractivity contribution is -0.384. The van der Waals surface area contributed by atoms with E-state index in [4.69, 9.17) is 9.84 Å². The van der Waals surface area contributed by atoms with Crippen LogP contribution in [0.3, 0.4) is 0 Å². The molecule has 0 aromatic heterocycles. The number of nitrogens with zero attached hydrogens (tertiary/aromatic N) is 1. The fraction of sp³-hybridized carbons (Fsp3) is 0.385. The van der Waals surface area contributed by atoms with E-state index in [1.54, 1.807) is 0 Å². The summed E-state index contributed by atoms with van der Waals surface area (Å²) in [6, 6.07) is 2.82. The van der Waals surface area contributed by atoms with Crippen molar-refractivity contribution in [1.82, 2.24) is 5.32 Å². The molecule has 1 rings (SSSR count). The molecule has 1 amide bonds. The average molecular weight is 312 g/mol. The highest BCUT2D eigenvalue weighted by Gasteiger charge is 2.24. The first-order valence-corrected chi connectivity index (χ1v) is 6.22. The van der Waals surface area contributed by atoms with Crippen molar-refractivity contribution in [2.45, 2.75) is 12.5 Å². The van der Waals surface area contributed by atoms with Gasteiger partial charge >= 0.3 is 5.97 Å². The number of rotatable bonds is 7. The Hall–Kier alpha value is -2.68. The number of amides is 1. The van der Waals surface area contributed by atoms with E-state index in [9.17, 15) is 19.7 Å². The van der Waals surface area contributed by atoms with Crippen LogP contribution in [0.1, 0.15) is 5.56 Å². The van der Waals surface area contributed by atoms with Gasteiger partial charge < -0.3 is 19.9 Å². The lowest BCUT2D eigenvalue weighted by atomic mass is 10.0. The Bertz CT molecular complexity index is 574. The first kappa shape index (κ1) is 17.4. The summed E-state index contributed by atoms with van der Waals surface area (Å²) in [5, 5.41) is 21.8. The quantitative estimate of drug-likeness (QED) is 0.405. The molecule has 22 heavy (non-hydrogen) atoms. The second kappa shape index (κ2) is 7.93. The maximum absolute atomic E-state index is 11.7. The van der Waals surface area contributed by atoms with E-state index < -0.39 is 29.4 Å². The minimum atomic E-state index is -1.10. The Morgan fingerprint density at radius 3 is 2.59 bits per heavy atom. The van der Waals surface area contributed by atoms with Crippen LogP contribution in [0, 0.1) is 10.1 Å². The van der Waals surface area contributed by atoms with Crippen LogP contribution in [0.2, 0.25) is 0 Å². The molecule has 9 heteroatoms. The largest absolute Gasteiger partial charge is 0.496 e. The molecule has 2 N–H and O–H groups in total. The minimum absolute atomic E-state index is 0.0801. The third kappa shape index (κ3) is 4.42. The van der Waals surface area contributed by atoms with E-state index in [0.29, 0.717) is 11.3 Å². The van der Waals surface area contributed by atoms with Crippen molar-refractivity contribution in [2.75, 3.05) is 20.8 Å². The Morgan fingerprint density at radius 1 is 1.41 bits per heavy atom. The van der Waals surface area contributed by atoms with Crippen molar-refractivity contribution in [2.24, 2.45) is 0 Å². The molecular formula is C13H16N2O7. The number of benzene rings is 1. The Kier molecular flexibility index (Phi) is 6.26. The zero-order valence-electron chi connectivity index (χ0n) is 12.1. The zero-order valence-corrected chi connectivity index (χ0v) is 12.1. The van der Waals surface area contributed by atoms with Crippen molar-refractivity contribution in [1.29, 1.82) is 0 Å². The highest BCUT2D eigenvalue weighted by Crippen LogP contribution is 2.25. The topological polar surface area (TPSA) is 128 Å². The highest BCUT2D eigenvalue weighted by molar-refractivity contribution is 5.85. The van der Waals surface area contributed by atoms with E-state index in [2.05, 4.69) is 10.1 Å². The number of hydrogen-bond donors (Lipinski definition) is 2. The standard InChI is InChI=1S/C13H16N2O7/c1-21-11-4-3-9(15(19)20)5-8(11)6-10(13(18)22-2)14-12(17)7-16/h3-5,10,16H,6-7H2,1-2H3,(H,14,17)/t10-/m0/s1. The highest BCUT2D eigenvalue weighted by atomic mass is 16.6. The molecule has 0 heterocycles. The summed E-state index contributed by atoms with van der Waals surface area (Å²) in [6.45, 7) is -0.792. The van der Waals surface area contributed by atoms with Gasteiger partial charge in [0.1, 0.15) is 18.4 Å². The number of carbonyl (C=O) groups is 2. The predicted molar refractivity (Wildman–Crippen MR) is 74.4 cm³/mol. The molecule has 1 aromatic carbocycles. The van der Waals surface area contributed by atoms with E-state index in [1.165, 1.54) is 25.3 Å². The van der Waals surface area contributed by atoms with Crippen LogP contribution in [-0.2, 0) is 20.7 Å². The van der Waals surface area contributed by atoms with Gasteiger partial charge in [0.25, 0.3) is 5.69 Å². The van der Waals surface area contributed by atoms with Crippen LogP contribution < -0.4 is 10.1 Å². The maximum atomic E-state index is 11.7. The number of ether oxygens (including phenoxy) is 2. The van der Waals surface area contributed by atoms with Gasteiger partial charge in [-0.2, -0.15) is 0 Å². The Morgan fingerprint density at radius 2 is 2.09 bits per heavy atom. The zero-order chi connectivity index (χ0) is 16.7. The molecule has 0 saturated carbocycles. The molecule has 0 aliphatic rings. The Labute approximate surface area is 126 Å². The molecule has 0 aliphatic heterocycles. The van der Waals surface area contributed by atoms with Crippen LogP contribution in [0.4, 0.5) is 5.69 Å². The first-order valence-electron chi connectivity index (χ1n) is 6.22. The van der Waals surface area contributed by atoms with Crippen LogP contribution in [0.25, 0.3) is 0 Å². The fourth-order valence-electron chi connectivity index (χ4n) is 1.83. The maximum Gasteiger partial charge on any atom is 0.328 e. The van der Waals surface area contributed by atoms with Crippen molar-refractivity contribution in [3.8, 4) is 5.75 Å². The number of hydrogen-bond acceptors (Lipinski definition) is 7. The molecule has 0 fully saturated rings. The van der Waals surface area contributed by atoms with Crippen molar-refractivity contribution in [3.63, 3.8) is 0 Å². The third-order valence-electron chi connectivity index (χ3n) is 2.86. The van der Waals surface area contributed by atoms with Gasteiger partial charge in [0, 0.05) is 24.1 Å². The molecule has 1 aromatic rings. The van der Waals surface area contributed by atoms with Gasteiger partial charge in [0.2, 0.25) is 5.91 Å². The summed E-state index contributed by atoms with van der Waals surface area (Å²) < 4.78 is 9.66. The van der Waals surface area contributed by atoms with Crippen LogP contribution >= 0.6 is 0 Å². The van der Waals surface area contributed by atoms with E-state index in [0.717, 1.165) is 7.11 Å². The number of esters is 1. The molecule has 0 unspecified atom stereocenters. The fourth-order valence-corrected chi connectivity index (χ4v) is 1.83. The number of nitro groups is 1. The van der Waals surface area contributed by atoms with Gasteiger partial charge in [-0.15, -0.1) is 0 Å². The van der Waals surface area contributed by atoms with Gasteiger partial charge in [-0.25, -0.2) is 4.79 Å². The number of nitrogens with one attached hydrogen (secondary N) is 1. The summed E-state index contributed by atoms with van der Waals surface area (Å²) in [6.07, 6.45) is -0.0801. The average Bonchev–Trinajstić information content (AvgIpc) is 2.52. The summed E-state index contributed by atoms with van der Waals surface area (Å²) in [7, 11) is 2.52. The number of aliphatic hydroxyl groups is 1. The summed E-state index contributed by atoms with van der Waals surface area (Å²) in [4.78, 5) is 33.2. The number of nitro benzene ring substituents is 1. The van der Waals surface area contributed by atoms with Crippen molar-refractivity contribution < 1.29 is 29.1 Å². The smallest absolute Gasteiger partial charge is 0.328 e. The molecule has 0 aliphatic carbocycles. The SMILES string of the molecule is COC(=O)[C@H](Cc1cc([N+](=O)[O-])ccc1OC)NC(=O)CO. The van der Waals surface area contributed by atoms with Crippen LogP contribution in [-0.4, -0.2) is 48.8 Å². The molecule has 1 atom stereocenters. The monoisotopic (exact) mass is 312 g/mol. The van der Waals surface area contributed by atoms with Gasteiger partial charge in [-0.05, 0) is 6.07 Å². The molecule has 120 valence electrons. The predicted octanol–water partition coefficient (Wildman–Crippen LogP) is -0.204. The third-order valence-corrected chi connectivity index (χ3v) is 2.86. The molecule has 0 spiro atoms. The number of carbonyl (C=O) groups excluding carboxylic acids is 2. The van der Waals surface area contributed by atoms with Gasteiger partial charge in [-0.1, -0.05) is 0 Å². The van der Waals surface area contributed by atoms with E-state index >= 15 is 0 Å². The van der Waals surface area contributed by atoms with Crippen molar-refractivity contribution in [3.05, 3.63) is 33.9 Å². The van der Waals surface area contributed by atoms with E-state index in [1.807, 2.05) is 0 Å². The second-order valence-corrected chi connectivity index (χ2v) is 4.26. The Balaban J connectivity index is 3.09. The van der Waals surface area contributed by atoms with Gasteiger partial charge in [0.15, 0.2) is 0 Å².